The highest BCUT2D eigenvalue weighted by molar-refractivity contribution is 7.19. The summed E-state index contributed by atoms with van der Waals surface area (Å²) in [5.74, 6) is 0. The number of hydrogen-bond donors (Lipinski definition) is 2. The van der Waals surface area contributed by atoms with E-state index in [0.717, 1.165) is 41.9 Å². The van der Waals surface area contributed by atoms with Gasteiger partial charge in [-0.15, -0.1) is 16.8 Å². The topological polar surface area (TPSA) is 65.4 Å². The molecule has 1 fully saturated rings. The van der Waals surface area contributed by atoms with Crippen molar-refractivity contribution in [3.63, 3.8) is 0 Å². The van der Waals surface area contributed by atoms with Gasteiger partial charge in [-0.25, -0.2) is 0 Å². The summed E-state index contributed by atoms with van der Waals surface area (Å²) in [6.45, 7) is 15.1. The van der Waals surface area contributed by atoms with Crippen molar-refractivity contribution in [3.8, 4) is 0 Å². The van der Waals surface area contributed by atoms with Gasteiger partial charge in [-0.1, -0.05) is 57.1 Å². The molecular weight excluding hydrogens is 380 g/mol. The van der Waals surface area contributed by atoms with Gasteiger partial charge >= 0.3 is 0 Å². The van der Waals surface area contributed by atoms with Crippen LogP contribution < -0.4 is 15.5 Å². The standard InChI is InChI=1S/C20H34N6S.C2H6/c1-5-13-26(14-12-22-17-10-8-9-11-17)20-25-24-19(27-20)23-18(7-3)16(6-2)15-21-4;1-2/h6-7,15,17-18,22H,3,5,8-14H2,1-2,4H3,(H,23,24);1-2H3/b16-6+,21-15?;. The second-order valence-electron chi connectivity index (χ2n) is 6.85. The summed E-state index contributed by atoms with van der Waals surface area (Å²) in [7, 11) is 1.77. The van der Waals surface area contributed by atoms with Crippen molar-refractivity contribution in [2.75, 3.05) is 36.9 Å². The van der Waals surface area contributed by atoms with Crippen LogP contribution in [0, 0.1) is 0 Å². The third-order valence-electron chi connectivity index (χ3n) is 4.83. The second kappa shape index (κ2) is 15.2. The van der Waals surface area contributed by atoms with E-state index in [1.165, 1.54) is 25.7 Å². The first-order valence-corrected chi connectivity index (χ1v) is 11.8. The molecule has 2 rings (SSSR count). The van der Waals surface area contributed by atoms with E-state index in [9.17, 15) is 0 Å². The van der Waals surface area contributed by atoms with Gasteiger partial charge in [0.2, 0.25) is 10.3 Å². The number of hydrogen-bond acceptors (Lipinski definition) is 7. The molecule has 0 bridgehead atoms. The maximum atomic E-state index is 4.42. The number of aromatic nitrogens is 2. The molecule has 0 amide bonds. The van der Waals surface area contributed by atoms with Crippen molar-refractivity contribution in [3.05, 3.63) is 24.3 Å². The Morgan fingerprint density at radius 1 is 1.31 bits per heavy atom. The summed E-state index contributed by atoms with van der Waals surface area (Å²) >= 11 is 1.60. The molecule has 1 aromatic rings. The van der Waals surface area contributed by atoms with Crippen LogP contribution in [-0.2, 0) is 0 Å². The first kappa shape index (κ1) is 25.3. The number of nitrogens with one attached hydrogen (secondary N) is 2. The van der Waals surface area contributed by atoms with Crippen LogP contribution in [0.4, 0.5) is 10.3 Å². The molecule has 1 aromatic heterocycles. The van der Waals surface area contributed by atoms with Gasteiger partial charge in [-0.05, 0) is 31.8 Å². The molecule has 1 unspecified atom stereocenters. The van der Waals surface area contributed by atoms with E-state index in [1.54, 1.807) is 18.4 Å². The number of anilines is 2. The Labute approximate surface area is 181 Å². The number of aliphatic imine (C=N–C) groups is 1. The van der Waals surface area contributed by atoms with Gasteiger partial charge in [0.1, 0.15) is 0 Å². The van der Waals surface area contributed by atoms with Crippen LogP contribution in [0.1, 0.15) is 59.8 Å². The number of nitrogens with zero attached hydrogens (tertiary/aromatic N) is 4. The highest BCUT2D eigenvalue weighted by Gasteiger charge is 2.17. The van der Waals surface area contributed by atoms with E-state index in [1.807, 2.05) is 39.1 Å². The molecule has 1 heterocycles. The maximum Gasteiger partial charge on any atom is 0.210 e. The lowest BCUT2D eigenvalue weighted by molar-refractivity contribution is 0.523. The number of allylic oxidation sites excluding steroid dienone is 1. The summed E-state index contributed by atoms with van der Waals surface area (Å²) in [4.78, 5) is 6.44. The van der Waals surface area contributed by atoms with Crippen LogP contribution in [0.15, 0.2) is 29.3 Å². The second-order valence-corrected chi connectivity index (χ2v) is 7.80. The molecule has 0 aromatic carbocycles. The molecule has 0 saturated heterocycles. The fourth-order valence-electron chi connectivity index (χ4n) is 3.40. The molecule has 1 atom stereocenters. The van der Waals surface area contributed by atoms with Crippen LogP contribution in [0.5, 0.6) is 0 Å². The van der Waals surface area contributed by atoms with Crippen molar-refractivity contribution in [2.45, 2.75) is 71.9 Å². The predicted molar refractivity (Wildman–Crippen MR) is 130 cm³/mol. The quantitative estimate of drug-likeness (QED) is 0.371. The molecule has 6 nitrogen and oxygen atoms in total. The fourth-order valence-corrected chi connectivity index (χ4v) is 4.24. The zero-order chi connectivity index (χ0) is 21.5. The largest absolute Gasteiger partial charge is 0.350 e. The van der Waals surface area contributed by atoms with Gasteiger partial charge in [0.25, 0.3) is 0 Å². The minimum absolute atomic E-state index is 0.0249. The van der Waals surface area contributed by atoms with Gasteiger partial charge in [0.15, 0.2) is 0 Å². The van der Waals surface area contributed by atoms with Crippen molar-refractivity contribution in [1.82, 2.24) is 15.5 Å². The predicted octanol–water partition coefficient (Wildman–Crippen LogP) is 4.93. The van der Waals surface area contributed by atoms with E-state index < -0.39 is 0 Å². The van der Waals surface area contributed by atoms with E-state index in [4.69, 9.17) is 0 Å². The average Bonchev–Trinajstić information content (AvgIpc) is 3.43. The van der Waals surface area contributed by atoms with Crippen LogP contribution >= 0.6 is 11.3 Å². The van der Waals surface area contributed by atoms with Crippen LogP contribution in [0.3, 0.4) is 0 Å². The Balaban J connectivity index is 0.00000204. The molecule has 7 heteroatoms. The molecule has 2 N–H and O–H groups in total. The SMILES string of the molecule is C=CC(Nc1nnc(N(CCC)CCNC2CCCC2)s1)/C(C=NC)=C/C.CC. The Kier molecular flexibility index (Phi) is 13.2. The molecule has 0 radical (unpaired) electrons. The van der Waals surface area contributed by atoms with Gasteiger partial charge in [0, 0.05) is 38.9 Å². The van der Waals surface area contributed by atoms with E-state index in [2.05, 4.69) is 44.2 Å². The molecule has 0 aliphatic heterocycles. The summed E-state index contributed by atoms with van der Waals surface area (Å²) in [5.41, 5.74) is 1.07. The first-order valence-electron chi connectivity index (χ1n) is 11.0. The zero-order valence-corrected chi connectivity index (χ0v) is 19.8. The van der Waals surface area contributed by atoms with E-state index >= 15 is 0 Å². The summed E-state index contributed by atoms with van der Waals surface area (Å²) in [6, 6.07) is 0.677. The molecule has 1 aliphatic rings. The number of rotatable bonds is 12. The van der Waals surface area contributed by atoms with Gasteiger partial charge in [-0.2, -0.15) is 0 Å². The third kappa shape index (κ3) is 8.66. The highest BCUT2D eigenvalue weighted by Crippen LogP contribution is 2.25. The summed E-state index contributed by atoms with van der Waals surface area (Å²) in [5, 5.41) is 17.6. The smallest absolute Gasteiger partial charge is 0.210 e. The Hall–Kier alpha value is -1.73. The lowest BCUT2D eigenvalue weighted by Gasteiger charge is -2.22. The van der Waals surface area contributed by atoms with Crippen molar-refractivity contribution < 1.29 is 0 Å². The lowest BCUT2D eigenvalue weighted by atomic mass is 10.1. The van der Waals surface area contributed by atoms with Crippen LogP contribution in [-0.4, -0.2) is 55.2 Å². The third-order valence-corrected chi connectivity index (χ3v) is 5.75. The molecule has 1 aliphatic carbocycles. The molecule has 0 spiro atoms. The maximum absolute atomic E-state index is 4.42. The minimum atomic E-state index is -0.0249. The van der Waals surface area contributed by atoms with Crippen molar-refractivity contribution >= 4 is 27.8 Å². The summed E-state index contributed by atoms with van der Waals surface area (Å²) < 4.78 is 0. The normalized spacial score (nSPS) is 15.8. The fraction of sp³-hybridized carbons (Fsp3) is 0.682. The van der Waals surface area contributed by atoms with Gasteiger partial charge in [-0.3, -0.25) is 4.99 Å². The Morgan fingerprint density at radius 3 is 2.62 bits per heavy atom. The molecular formula is C22H40N6S. The Bertz CT molecular complexity index is 619. The van der Waals surface area contributed by atoms with Gasteiger partial charge < -0.3 is 15.5 Å². The highest BCUT2D eigenvalue weighted by atomic mass is 32.1. The van der Waals surface area contributed by atoms with E-state index in [-0.39, 0.29) is 6.04 Å². The molecule has 1 saturated carbocycles. The zero-order valence-electron chi connectivity index (χ0n) is 18.9. The lowest BCUT2D eigenvalue weighted by Crippen LogP contribution is -2.36. The van der Waals surface area contributed by atoms with Gasteiger partial charge in [0.05, 0.1) is 6.04 Å². The Morgan fingerprint density at radius 2 is 2.03 bits per heavy atom. The monoisotopic (exact) mass is 420 g/mol. The van der Waals surface area contributed by atoms with E-state index in [0.29, 0.717) is 6.04 Å². The average molecular weight is 421 g/mol. The van der Waals surface area contributed by atoms with Crippen LogP contribution in [0.25, 0.3) is 0 Å². The van der Waals surface area contributed by atoms with Crippen LogP contribution in [0.2, 0.25) is 0 Å². The molecule has 164 valence electrons. The van der Waals surface area contributed by atoms with Crippen molar-refractivity contribution in [2.24, 2.45) is 4.99 Å². The minimum Gasteiger partial charge on any atom is -0.350 e. The van der Waals surface area contributed by atoms with Crippen molar-refractivity contribution in [1.29, 1.82) is 0 Å². The molecule has 29 heavy (non-hydrogen) atoms. The summed E-state index contributed by atoms with van der Waals surface area (Å²) in [6.07, 6.45) is 12.2. The first-order chi connectivity index (χ1) is 14.2.